The van der Waals surface area contributed by atoms with E-state index in [2.05, 4.69) is 37.6 Å². The maximum Gasteiger partial charge on any atom is 0.244 e. The minimum atomic E-state index is -0.398. The lowest BCUT2D eigenvalue weighted by Gasteiger charge is -2.31. The summed E-state index contributed by atoms with van der Waals surface area (Å²) in [6, 6.07) is 12.0. The van der Waals surface area contributed by atoms with Crippen LogP contribution >= 0.6 is 23.1 Å². The molecule has 3 aromatic rings. The average molecular weight is 482 g/mol. The standard InChI is InChI=1S/C24H27N5O2S2/c1-16(23(31)28-15-22(30)25-19-11-5-6-12-20(19)28)33-24-27-26-21(14-18-10-7-13-32-18)29(24)17-8-3-2-4-9-17/h5-7,10-13,16-17H,2-4,8-9,14-15H2,1H3,(H,25,30)/t16-/m1/s1. The second-order valence-electron chi connectivity index (χ2n) is 8.57. The number of para-hydroxylation sites is 2. The Labute approximate surface area is 201 Å². The summed E-state index contributed by atoms with van der Waals surface area (Å²) in [6.45, 7) is 1.92. The molecule has 1 saturated carbocycles. The molecule has 0 bridgehead atoms. The van der Waals surface area contributed by atoms with Crippen molar-refractivity contribution in [1.82, 2.24) is 14.8 Å². The highest BCUT2D eigenvalue weighted by Gasteiger charge is 2.32. The van der Waals surface area contributed by atoms with E-state index in [9.17, 15) is 9.59 Å². The van der Waals surface area contributed by atoms with Gasteiger partial charge in [0.15, 0.2) is 5.16 Å². The molecule has 1 aliphatic heterocycles. The average Bonchev–Trinajstić information content (AvgIpc) is 3.49. The smallest absolute Gasteiger partial charge is 0.244 e. The van der Waals surface area contributed by atoms with Gasteiger partial charge in [-0.05, 0) is 43.3 Å². The number of carbonyl (C=O) groups is 2. The molecule has 9 heteroatoms. The minimum absolute atomic E-state index is 0.0275. The summed E-state index contributed by atoms with van der Waals surface area (Å²) in [7, 11) is 0. The molecule has 1 fully saturated rings. The van der Waals surface area contributed by atoms with E-state index in [1.165, 1.54) is 35.9 Å². The fourth-order valence-electron chi connectivity index (χ4n) is 4.64. The Kier molecular flexibility index (Phi) is 6.50. The topological polar surface area (TPSA) is 80.1 Å². The zero-order chi connectivity index (χ0) is 22.8. The summed E-state index contributed by atoms with van der Waals surface area (Å²) in [5.74, 6) is 0.692. The number of amides is 2. The summed E-state index contributed by atoms with van der Waals surface area (Å²) in [5.41, 5.74) is 1.41. The molecule has 33 heavy (non-hydrogen) atoms. The molecule has 1 aromatic carbocycles. The third kappa shape index (κ3) is 4.70. The molecule has 0 spiro atoms. The van der Waals surface area contributed by atoms with Gasteiger partial charge in [0.2, 0.25) is 11.8 Å². The van der Waals surface area contributed by atoms with Crippen molar-refractivity contribution >= 4 is 46.3 Å². The van der Waals surface area contributed by atoms with Gasteiger partial charge >= 0.3 is 0 Å². The monoisotopic (exact) mass is 481 g/mol. The molecular weight excluding hydrogens is 454 g/mol. The quantitative estimate of drug-likeness (QED) is 0.507. The largest absolute Gasteiger partial charge is 0.323 e. The molecule has 1 aliphatic carbocycles. The fourth-order valence-corrected chi connectivity index (χ4v) is 6.34. The molecule has 3 heterocycles. The second kappa shape index (κ2) is 9.69. The van der Waals surface area contributed by atoms with Gasteiger partial charge in [0.05, 0.1) is 16.6 Å². The predicted molar refractivity (Wildman–Crippen MR) is 132 cm³/mol. The van der Waals surface area contributed by atoms with Crippen LogP contribution in [0, 0.1) is 0 Å². The van der Waals surface area contributed by atoms with Crippen molar-refractivity contribution < 1.29 is 9.59 Å². The molecule has 2 aliphatic rings. The minimum Gasteiger partial charge on any atom is -0.323 e. The van der Waals surface area contributed by atoms with Gasteiger partial charge in [0, 0.05) is 17.3 Å². The summed E-state index contributed by atoms with van der Waals surface area (Å²) < 4.78 is 2.28. The number of fused-ring (bicyclic) bond motifs is 1. The lowest BCUT2D eigenvalue weighted by atomic mass is 9.95. The predicted octanol–water partition coefficient (Wildman–Crippen LogP) is 4.90. The van der Waals surface area contributed by atoms with E-state index in [1.54, 1.807) is 16.2 Å². The summed E-state index contributed by atoms with van der Waals surface area (Å²) in [4.78, 5) is 28.5. The van der Waals surface area contributed by atoms with Crippen LogP contribution in [0.25, 0.3) is 0 Å². The summed E-state index contributed by atoms with van der Waals surface area (Å²) in [5, 5.41) is 14.4. The first-order valence-electron chi connectivity index (χ1n) is 11.4. The van der Waals surface area contributed by atoms with E-state index in [0.717, 1.165) is 35.9 Å². The molecule has 1 atom stereocenters. The van der Waals surface area contributed by atoms with Gasteiger partial charge in [-0.3, -0.25) is 14.5 Å². The van der Waals surface area contributed by atoms with Gasteiger partial charge in [-0.15, -0.1) is 21.5 Å². The molecule has 7 nitrogen and oxygen atoms in total. The van der Waals surface area contributed by atoms with Crippen molar-refractivity contribution in [3.8, 4) is 0 Å². The number of nitrogens with zero attached hydrogens (tertiary/aromatic N) is 4. The molecule has 0 radical (unpaired) electrons. The third-order valence-electron chi connectivity index (χ3n) is 6.25. The number of nitrogens with one attached hydrogen (secondary N) is 1. The van der Waals surface area contributed by atoms with Crippen LogP contribution in [0.5, 0.6) is 0 Å². The number of thiophene rings is 1. The van der Waals surface area contributed by atoms with Crippen LogP contribution in [0.3, 0.4) is 0 Å². The Morgan fingerprint density at radius 3 is 2.79 bits per heavy atom. The number of hydrogen-bond donors (Lipinski definition) is 1. The Morgan fingerprint density at radius 2 is 2.00 bits per heavy atom. The molecule has 2 amide bonds. The molecule has 2 aromatic heterocycles. The van der Waals surface area contributed by atoms with Crippen LogP contribution in [-0.2, 0) is 16.0 Å². The summed E-state index contributed by atoms with van der Waals surface area (Å²) >= 11 is 3.17. The van der Waals surface area contributed by atoms with Crippen LogP contribution in [0.2, 0.25) is 0 Å². The zero-order valence-electron chi connectivity index (χ0n) is 18.6. The first kappa shape index (κ1) is 22.2. The van der Waals surface area contributed by atoms with Gasteiger partial charge in [-0.1, -0.05) is 49.2 Å². The molecule has 0 saturated heterocycles. The molecule has 1 N–H and O–H groups in total. The molecule has 5 rings (SSSR count). The zero-order valence-corrected chi connectivity index (χ0v) is 20.2. The van der Waals surface area contributed by atoms with Crippen molar-refractivity contribution in [3.63, 3.8) is 0 Å². The number of anilines is 2. The van der Waals surface area contributed by atoms with E-state index in [4.69, 9.17) is 0 Å². The van der Waals surface area contributed by atoms with Crippen molar-refractivity contribution in [1.29, 1.82) is 0 Å². The maximum absolute atomic E-state index is 13.4. The van der Waals surface area contributed by atoms with E-state index < -0.39 is 5.25 Å². The Morgan fingerprint density at radius 1 is 1.18 bits per heavy atom. The van der Waals surface area contributed by atoms with E-state index in [0.29, 0.717) is 11.7 Å². The molecule has 0 unspecified atom stereocenters. The third-order valence-corrected chi connectivity index (χ3v) is 8.17. The normalized spacial score (nSPS) is 17.5. The first-order chi connectivity index (χ1) is 16.1. The number of thioether (sulfide) groups is 1. The lowest BCUT2D eigenvalue weighted by molar-refractivity contribution is -0.121. The van der Waals surface area contributed by atoms with E-state index >= 15 is 0 Å². The van der Waals surface area contributed by atoms with Gasteiger partial charge in [-0.2, -0.15) is 0 Å². The highest BCUT2D eigenvalue weighted by molar-refractivity contribution is 8.00. The highest BCUT2D eigenvalue weighted by atomic mass is 32.2. The Bertz CT molecular complexity index is 1140. The highest BCUT2D eigenvalue weighted by Crippen LogP contribution is 2.36. The number of aromatic nitrogens is 3. The second-order valence-corrected chi connectivity index (χ2v) is 10.9. The van der Waals surface area contributed by atoms with Crippen LogP contribution in [-0.4, -0.2) is 38.4 Å². The van der Waals surface area contributed by atoms with Crippen LogP contribution < -0.4 is 10.2 Å². The fraction of sp³-hybridized carbons (Fsp3) is 0.417. The van der Waals surface area contributed by atoms with Crippen LogP contribution in [0.4, 0.5) is 11.4 Å². The molecule has 172 valence electrons. The summed E-state index contributed by atoms with van der Waals surface area (Å²) in [6.07, 6.45) is 6.67. The number of benzene rings is 1. The van der Waals surface area contributed by atoms with E-state index in [1.807, 2.05) is 31.2 Å². The Hall–Kier alpha value is -2.65. The van der Waals surface area contributed by atoms with Gasteiger partial charge in [0.1, 0.15) is 12.4 Å². The maximum atomic E-state index is 13.4. The van der Waals surface area contributed by atoms with Gasteiger partial charge in [0.25, 0.3) is 0 Å². The Balaban J connectivity index is 1.40. The van der Waals surface area contributed by atoms with Crippen molar-refractivity contribution in [2.45, 2.75) is 61.9 Å². The van der Waals surface area contributed by atoms with Crippen molar-refractivity contribution in [3.05, 3.63) is 52.5 Å². The SMILES string of the molecule is C[C@@H](Sc1nnc(Cc2cccs2)n1C1CCCCC1)C(=O)N1CC(=O)Nc2ccccc21. The number of hydrogen-bond acceptors (Lipinski definition) is 6. The van der Waals surface area contributed by atoms with Crippen molar-refractivity contribution in [2.24, 2.45) is 0 Å². The van der Waals surface area contributed by atoms with Gasteiger partial charge < -0.3 is 9.88 Å². The van der Waals surface area contributed by atoms with E-state index in [-0.39, 0.29) is 18.4 Å². The van der Waals surface area contributed by atoms with Gasteiger partial charge in [-0.25, -0.2) is 0 Å². The first-order valence-corrected chi connectivity index (χ1v) is 13.2. The molecular formula is C24H27N5O2S2. The number of rotatable bonds is 6. The van der Waals surface area contributed by atoms with Crippen molar-refractivity contribution in [2.75, 3.05) is 16.8 Å². The van der Waals surface area contributed by atoms with Crippen LogP contribution in [0.15, 0.2) is 46.9 Å². The number of carbonyl (C=O) groups excluding carboxylic acids is 2. The van der Waals surface area contributed by atoms with Crippen LogP contribution in [0.1, 0.15) is 55.8 Å². The lowest BCUT2D eigenvalue weighted by Crippen LogP contribution is -2.45.